The molecule has 1 aliphatic rings. The fraction of sp³-hybridized carbons (Fsp3) is 0.667. The lowest BCUT2D eigenvalue weighted by Crippen LogP contribution is -2.38. The van der Waals surface area contributed by atoms with Crippen molar-refractivity contribution in [1.82, 2.24) is 9.78 Å². The van der Waals surface area contributed by atoms with Crippen molar-refractivity contribution in [2.24, 2.45) is 0 Å². The zero-order valence-electron chi connectivity index (χ0n) is 11.4. The Kier molecular flexibility index (Phi) is 3.66. The number of hydrogen-bond donors (Lipinski definition) is 1. The van der Waals surface area contributed by atoms with E-state index in [0.717, 1.165) is 4.68 Å². The molecule has 112 valence electrons. The Labute approximate surface area is 114 Å². The summed E-state index contributed by atoms with van der Waals surface area (Å²) in [7, 11) is 0. The molecule has 0 radical (unpaired) electrons. The number of rotatable bonds is 2. The Balaban J connectivity index is 2.50. The number of aromatic nitrogens is 2. The quantitative estimate of drug-likeness (QED) is 0.851. The van der Waals surface area contributed by atoms with Crippen LogP contribution in [0.2, 0.25) is 0 Å². The third-order valence-corrected chi connectivity index (χ3v) is 3.20. The molecule has 2 atom stereocenters. The SMILES string of the molecule is CCOC(=O)c1c(C)nn2c1NC(C)CC2C(F)(F)F. The molecule has 0 aliphatic carbocycles. The van der Waals surface area contributed by atoms with Gasteiger partial charge in [0.2, 0.25) is 0 Å². The number of hydrogen-bond acceptors (Lipinski definition) is 4. The number of esters is 1. The van der Waals surface area contributed by atoms with Gasteiger partial charge in [-0.2, -0.15) is 18.3 Å². The van der Waals surface area contributed by atoms with Crippen LogP contribution in [0.25, 0.3) is 0 Å². The van der Waals surface area contributed by atoms with Crippen LogP contribution in [0.1, 0.15) is 42.4 Å². The molecule has 0 fully saturated rings. The maximum Gasteiger partial charge on any atom is 0.410 e. The zero-order valence-corrected chi connectivity index (χ0v) is 11.4. The first kappa shape index (κ1) is 14.7. The van der Waals surface area contributed by atoms with Crippen molar-refractivity contribution < 1.29 is 22.7 Å². The van der Waals surface area contributed by atoms with Crippen molar-refractivity contribution in [3.63, 3.8) is 0 Å². The summed E-state index contributed by atoms with van der Waals surface area (Å²) >= 11 is 0. The predicted octanol–water partition coefficient (Wildman–Crippen LogP) is 2.68. The fourth-order valence-electron chi connectivity index (χ4n) is 2.36. The van der Waals surface area contributed by atoms with Gasteiger partial charge in [0.15, 0.2) is 6.04 Å². The average Bonchev–Trinajstić information content (AvgIpc) is 2.63. The second-order valence-corrected chi connectivity index (χ2v) is 4.81. The molecule has 2 unspecified atom stereocenters. The number of alkyl halides is 3. The molecule has 2 heterocycles. The summed E-state index contributed by atoms with van der Waals surface area (Å²) in [6, 6.07) is -2.13. The lowest BCUT2D eigenvalue weighted by molar-refractivity contribution is -0.173. The highest BCUT2D eigenvalue weighted by atomic mass is 19.4. The first-order chi connectivity index (χ1) is 9.25. The number of ether oxygens (including phenoxy) is 1. The Morgan fingerprint density at radius 3 is 2.75 bits per heavy atom. The van der Waals surface area contributed by atoms with Gasteiger partial charge >= 0.3 is 12.1 Å². The normalized spacial score (nSPS) is 22.1. The van der Waals surface area contributed by atoms with Crippen LogP contribution in [-0.4, -0.2) is 34.6 Å². The van der Waals surface area contributed by atoms with Crippen molar-refractivity contribution in [1.29, 1.82) is 0 Å². The first-order valence-corrected chi connectivity index (χ1v) is 6.35. The number of nitrogens with one attached hydrogen (secondary N) is 1. The summed E-state index contributed by atoms with van der Waals surface area (Å²) in [6.45, 7) is 4.93. The number of carbonyl (C=O) groups excluding carboxylic acids is 1. The molecule has 0 amide bonds. The second kappa shape index (κ2) is 4.99. The topological polar surface area (TPSA) is 56.1 Å². The molecule has 1 aromatic rings. The van der Waals surface area contributed by atoms with Gasteiger partial charge in [-0.05, 0) is 27.2 Å². The third kappa shape index (κ3) is 2.46. The molecule has 1 aromatic heterocycles. The molecule has 1 aliphatic heterocycles. The largest absolute Gasteiger partial charge is 0.462 e. The molecule has 2 rings (SSSR count). The fourth-order valence-corrected chi connectivity index (χ4v) is 2.36. The highest BCUT2D eigenvalue weighted by Gasteiger charge is 2.46. The molecule has 0 aromatic carbocycles. The van der Waals surface area contributed by atoms with Gasteiger partial charge in [0.05, 0.1) is 12.3 Å². The Morgan fingerprint density at radius 2 is 2.20 bits per heavy atom. The standard InChI is InChI=1S/C12H16F3N3O2/c1-4-20-11(19)9-7(3)17-18-8(12(13,14)15)5-6(2)16-10(9)18/h6,8,16H,4-5H2,1-3H3. The third-order valence-electron chi connectivity index (χ3n) is 3.20. The lowest BCUT2D eigenvalue weighted by atomic mass is 10.0. The van der Waals surface area contributed by atoms with Gasteiger partial charge in [-0.3, -0.25) is 0 Å². The molecular formula is C12H16F3N3O2. The molecule has 5 nitrogen and oxygen atoms in total. The van der Waals surface area contributed by atoms with Crippen LogP contribution in [0.3, 0.4) is 0 Å². The van der Waals surface area contributed by atoms with E-state index in [4.69, 9.17) is 4.74 Å². The van der Waals surface area contributed by atoms with E-state index in [9.17, 15) is 18.0 Å². The van der Waals surface area contributed by atoms with Crippen molar-refractivity contribution in [2.45, 2.75) is 45.5 Å². The lowest BCUT2D eigenvalue weighted by Gasteiger charge is -2.31. The summed E-state index contributed by atoms with van der Waals surface area (Å²) in [6.07, 6.45) is -4.53. The van der Waals surface area contributed by atoms with E-state index >= 15 is 0 Å². The van der Waals surface area contributed by atoms with Crippen molar-refractivity contribution >= 4 is 11.8 Å². The van der Waals surface area contributed by atoms with Gasteiger partial charge in [0.25, 0.3) is 0 Å². The van der Waals surface area contributed by atoms with Gasteiger partial charge in [-0.1, -0.05) is 0 Å². The summed E-state index contributed by atoms with van der Waals surface area (Å²) < 4.78 is 45.0. The molecular weight excluding hydrogens is 275 g/mol. The Bertz CT molecular complexity index is 525. The minimum absolute atomic E-state index is 0.0765. The molecule has 0 bridgehead atoms. The van der Waals surface area contributed by atoms with E-state index in [1.54, 1.807) is 13.8 Å². The van der Waals surface area contributed by atoms with Crippen LogP contribution in [0.4, 0.5) is 19.0 Å². The van der Waals surface area contributed by atoms with Crippen molar-refractivity contribution in [3.05, 3.63) is 11.3 Å². The van der Waals surface area contributed by atoms with Gasteiger partial charge in [0.1, 0.15) is 11.4 Å². The second-order valence-electron chi connectivity index (χ2n) is 4.81. The van der Waals surface area contributed by atoms with Crippen LogP contribution in [0.15, 0.2) is 0 Å². The minimum atomic E-state index is -4.41. The maximum absolute atomic E-state index is 13.1. The molecule has 0 spiro atoms. The van der Waals surface area contributed by atoms with Gasteiger partial charge in [-0.25, -0.2) is 9.48 Å². The monoisotopic (exact) mass is 291 g/mol. The number of halogens is 3. The van der Waals surface area contributed by atoms with Gasteiger partial charge < -0.3 is 10.1 Å². The van der Waals surface area contributed by atoms with Crippen molar-refractivity contribution in [2.75, 3.05) is 11.9 Å². The van der Waals surface area contributed by atoms with E-state index in [0.29, 0.717) is 0 Å². The maximum atomic E-state index is 13.1. The number of carbonyl (C=O) groups is 1. The van der Waals surface area contributed by atoms with E-state index < -0.39 is 24.2 Å². The van der Waals surface area contributed by atoms with Gasteiger partial charge in [0, 0.05) is 6.04 Å². The van der Waals surface area contributed by atoms with Crippen LogP contribution >= 0.6 is 0 Å². The van der Waals surface area contributed by atoms with Gasteiger partial charge in [-0.15, -0.1) is 0 Å². The van der Waals surface area contributed by atoms with E-state index in [-0.39, 0.29) is 30.1 Å². The molecule has 20 heavy (non-hydrogen) atoms. The van der Waals surface area contributed by atoms with E-state index in [2.05, 4.69) is 10.4 Å². The van der Waals surface area contributed by atoms with Crippen molar-refractivity contribution in [3.8, 4) is 0 Å². The highest BCUT2D eigenvalue weighted by Crippen LogP contribution is 2.40. The minimum Gasteiger partial charge on any atom is -0.462 e. The zero-order chi connectivity index (χ0) is 15.1. The summed E-state index contributed by atoms with van der Waals surface area (Å²) in [5.41, 5.74) is 0.307. The molecule has 8 heteroatoms. The van der Waals surface area contributed by atoms with Crippen LogP contribution < -0.4 is 5.32 Å². The smallest absolute Gasteiger partial charge is 0.410 e. The summed E-state index contributed by atoms with van der Waals surface area (Å²) in [5.74, 6) is -0.573. The molecule has 0 saturated heterocycles. The highest BCUT2D eigenvalue weighted by molar-refractivity contribution is 5.96. The number of aryl methyl sites for hydroxylation is 1. The van der Waals surface area contributed by atoms with Crippen LogP contribution in [-0.2, 0) is 4.74 Å². The first-order valence-electron chi connectivity index (χ1n) is 6.35. The Morgan fingerprint density at radius 1 is 1.55 bits per heavy atom. The number of fused-ring (bicyclic) bond motifs is 1. The number of anilines is 1. The number of nitrogens with zero attached hydrogens (tertiary/aromatic N) is 2. The Hall–Kier alpha value is -1.73. The average molecular weight is 291 g/mol. The summed E-state index contributed by atoms with van der Waals surface area (Å²) in [4.78, 5) is 11.9. The van der Waals surface area contributed by atoms with E-state index in [1.807, 2.05) is 0 Å². The van der Waals surface area contributed by atoms with Crippen LogP contribution in [0.5, 0.6) is 0 Å². The predicted molar refractivity (Wildman–Crippen MR) is 65.7 cm³/mol. The van der Waals surface area contributed by atoms with Crippen LogP contribution in [0, 0.1) is 6.92 Å². The molecule has 0 saturated carbocycles. The van der Waals surface area contributed by atoms with E-state index in [1.165, 1.54) is 6.92 Å². The summed E-state index contributed by atoms with van der Waals surface area (Å²) in [5, 5.41) is 6.76. The molecule has 1 N–H and O–H groups in total.